The van der Waals surface area contributed by atoms with Crippen LogP contribution in [-0.2, 0) is 22.6 Å². The largest absolute Gasteiger partial charge is 0.488 e. The fraction of sp³-hybridized carbons (Fsp3) is 0.167. The maximum absolute atomic E-state index is 14.6. The molecule has 1 aliphatic rings. The van der Waals surface area contributed by atoms with Crippen LogP contribution in [0.4, 0.5) is 9.18 Å². The summed E-state index contributed by atoms with van der Waals surface area (Å²) >= 11 is 0. The number of nitriles is 1. The van der Waals surface area contributed by atoms with Crippen molar-refractivity contribution < 1.29 is 23.5 Å². The lowest BCUT2D eigenvalue weighted by Gasteiger charge is -2.22. The van der Waals surface area contributed by atoms with Crippen LogP contribution < -0.4 is 16.2 Å². The highest BCUT2D eigenvalue weighted by Crippen LogP contribution is 2.39. The Morgan fingerprint density at radius 2 is 2.04 bits per heavy atom. The molecule has 0 spiro atoms. The number of nitrogens with zero attached hydrogens (tertiary/aromatic N) is 1. The zero-order valence-corrected chi connectivity index (χ0v) is 13.5. The fourth-order valence-corrected chi connectivity index (χ4v) is 2.83. The van der Waals surface area contributed by atoms with Gasteiger partial charge >= 0.3 is 6.09 Å². The van der Waals surface area contributed by atoms with Crippen LogP contribution in [0.25, 0.3) is 11.1 Å². The summed E-state index contributed by atoms with van der Waals surface area (Å²) < 4.78 is 24.8. The standard InChI is InChI=1S/C18H14FN3O4/c19-14-6-13-11(4-10(14)5-16(17(21)23)26-18(22)24)8-25-15-3-9(7-20)1-2-12(13)15/h1-4,6,16H,5,8H2,(H2,21,23)(H2,22,24). The van der Waals surface area contributed by atoms with Gasteiger partial charge in [-0.05, 0) is 47.0 Å². The Kier molecular flexibility index (Phi) is 4.45. The number of halogens is 1. The van der Waals surface area contributed by atoms with E-state index in [0.717, 1.165) is 0 Å². The third-order valence-corrected chi connectivity index (χ3v) is 4.04. The average Bonchev–Trinajstić information content (AvgIpc) is 2.60. The average molecular weight is 355 g/mol. The van der Waals surface area contributed by atoms with Crippen LogP contribution in [0.3, 0.4) is 0 Å². The zero-order chi connectivity index (χ0) is 18.8. The Labute approximate surface area is 147 Å². The molecule has 1 unspecified atom stereocenters. The number of ether oxygens (including phenoxy) is 2. The Morgan fingerprint density at radius 3 is 2.69 bits per heavy atom. The predicted molar refractivity (Wildman–Crippen MR) is 88.2 cm³/mol. The summed E-state index contributed by atoms with van der Waals surface area (Å²) in [5.41, 5.74) is 12.6. The zero-order valence-electron chi connectivity index (χ0n) is 13.5. The van der Waals surface area contributed by atoms with Crippen molar-refractivity contribution in [2.24, 2.45) is 11.5 Å². The molecule has 1 atom stereocenters. The molecule has 1 aliphatic heterocycles. The van der Waals surface area contributed by atoms with E-state index in [9.17, 15) is 14.0 Å². The molecule has 1 heterocycles. The number of carbonyl (C=O) groups is 2. The quantitative estimate of drug-likeness (QED) is 0.863. The number of carbonyl (C=O) groups excluding carboxylic acids is 2. The van der Waals surface area contributed by atoms with E-state index in [2.05, 4.69) is 4.74 Å². The lowest BCUT2D eigenvalue weighted by molar-refractivity contribution is -0.126. The highest BCUT2D eigenvalue weighted by atomic mass is 19.1. The highest BCUT2D eigenvalue weighted by molar-refractivity contribution is 5.82. The van der Waals surface area contributed by atoms with Gasteiger partial charge in [0.25, 0.3) is 5.91 Å². The molecule has 0 saturated carbocycles. The van der Waals surface area contributed by atoms with Gasteiger partial charge in [-0.25, -0.2) is 9.18 Å². The topological polar surface area (TPSA) is 128 Å². The number of hydrogen-bond acceptors (Lipinski definition) is 5. The molecular formula is C18H14FN3O4. The van der Waals surface area contributed by atoms with Gasteiger partial charge in [-0.1, -0.05) is 0 Å². The van der Waals surface area contributed by atoms with E-state index in [1.807, 2.05) is 6.07 Å². The summed E-state index contributed by atoms with van der Waals surface area (Å²) in [6, 6.07) is 9.77. The van der Waals surface area contributed by atoms with Crippen molar-refractivity contribution in [3.8, 4) is 22.9 Å². The molecule has 0 radical (unpaired) electrons. The molecule has 2 aromatic carbocycles. The van der Waals surface area contributed by atoms with Gasteiger partial charge in [0.2, 0.25) is 0 Å². The molecule has 3 rings (SSSR count). The first-order chi connectivity index (χ1) is 12.4. The lowest BCUT2D eigenvalue weighted by Crippen LogP contribution is -2.36. The number of benzene rings is 2. The third kappa shape index (κ3) is 3.28. The van der Waals surface area contributed by atoms with Crippen LogP contribution in [0.5, 0.6) is 5.75 Å². The molecule has 0 aliphatic carbocycles. The van der Waals surface area contributed by atoms with E-state index >= 15 is 0 Å². The van der Waals surface area contributed by atoms with Crippen molar-refractivity contribution in [2.45, 2.75) is 19.1 Å². The number of hydrogen-bond donors (Lipinski definition) is 2. The second kappa shape index (κ2) is 6.72. The van der Waals surface area contributed by atoms with Gasteiger partial charge in [-0.15, -0.1) is 0 Å². The molecule has 26 heavy (non-hydrogen) atoms. The van der Waals surface area contributed by atoms with E-state index in [1.54, 1.807) is 18.2 Å². The molecule has 4 N–H and O–H groups in total. The minimum absolute atomic E-state index is 0.148. The van der Waals surface area contributed by atoms with E-state index < -0.39 is 23.9 Å². The molecular weight excluding hydrogens is 341 g/mol. The van der Waals surface area contributed by atoms with Crippen LogP contribution >= 0.6 is 0 Å². The van der Waals surface area contributed by atoms with E-state index in [-0.39, 0.29) is 18.6 Å². The third-order valence-electron chi connectivity index (χ3n) is 4.04. The molecule has 0 bridgehead atoms. The van der Waals surface area contributed by atoms with E-state index in [4.69, 9.17) is 21.5 Å². The molecule has 2 aromatic rings. The highest BCUT2D eigenvalue weighted by Gasteiger charge is 2.25. The van der Waals surface area contributed by atoms with Gasteiger partial charge < -0.3 is 20.9 Å². The van der Waals surface area contributed by atoms with Gasteiger partial charge in [0.05, 0.1) is 11.6 Å². The van der Waals surface area contributed by atoms with Crippen molar-refractivity contribution in [1.29, 1.82) is 5.26 Å². The first kappa shape index (κ1) is 17.2. The second-order valence-electron chi connectivity index (χ2n) is 5.74. The van der Waals surface area contributed by atoms with Crippen LogP contribution in [0.2, 0.25) is 0 Å². The summed E-state index contributed by atoms with van der Waals surface area (Å²) in [4.78, 5) is 22.2. The summed E-state index contributed by atoms with van der Waals surface area (Å²) in [6.07, 6.45) is -2.77. The van der Waals surface area contributed by atoms with Crippen molar-refractivity contribution >= 4 is 12.0 Å². The molecule has 0 saturated heterocycles. The first-order valence-electron chi connectivity index (χ1n) is 7.63. The molecule has 2 amide bonds. The molecule has 7 nitrogen and oxygen atoms in total. The summed E-state index contributed by atoms with van der Waals surface area (Å²) in [5, 5.41) is 8.96. The molecule has 132 valence electrons. The minimum Gasteiger partial charge on any atom is -0.488 e. The Hall–Kier alpha value is -3.60. The Bertz CT molecular complexity index is 952. The maximum Gasteiger partial charge on any atom is 0.405 e. The number of nitrogens with two attached hydrogens (primary N) is 2. The monoisotopic (exact) mass is 355 g/mol. The number of primary amides is 2. The first-order valence-corrected chi connectivity index (χ1v) is 7.63. The van der Waals surface area contributed by atoms with E-state index in [0.29, 0.717) is 28.0 Å². The van der Waals surface area contributed by atoms with E-state index in [1.165, 1.54) is 12.1 Å². The van der Waals surface area contributed by atoms with Gasteiger partial charge in [-0.2, -0.15) is 5.26 Å². The Balaban J connectivity index is 1.97. The normalized spacial score (nSPS) is 12.8. The van der Waals surface area contributed by atoms with Crippen LogP contribution in [0, 0.1) is 17.1 Å². The lowest BCUT2D eigenvalue weighted by atomic mass is 9.92. The summed E-state index contributed by atoms with van der Waals surface area (Å²) in [5.74, 6) is -1.01. The van der Waals surface area contributed by atoms with Crippen LogP contribution in [0.15, 0.2) is 30.3 Å². The van der Waals surface area contributed by atoms with Crippen LogP contribution in [0.1, 0.15) is 16.7 Å². The SMILES string of the molecule is N#Cc1ccc2c(c1)OCc1cc(CC(OC(N)=O)C(N)=O)c(F)cc1-2. The molecule has 8 heteroatoms. The molecule has 0 fully saturated rings. The smallest absolute Gasteiger partial charge is 0.405 e. The van der Waals surface area contributed by atoms with Gasteiger partial charge in [0, 0.05) is 12.0 Å². The predicted octanol–water partition coefficient (Wildman–Crippen LogP) is 1.75. The van der Waals surface area contributed by atoms with Crippen molar-refractivity contribution in [3.63, 3.8) is 0 Å². The second-order valence-corrected chi connectivity index (χ2v) is 5.74. The van der Waals surface area contributed by atoms with Crippen molar-refractivity contribution in [3.05, 3.63) is 52.8 Å². The summed E-state index contributed by atoms with van der Waals surface area (Å²) in [7, 11) is 0. The minimum atomic E-state index is -1.37. The number of amides is 2. The van der Waals surface area contributed by atoms with Crippen molar-refractivity contribution in [1.82, 2.24) is 0 Å². The van der Waals surface area contributed by atoms with Gasteiger partial charge in [0.15, 0.2) is 6.10 Å². The van der Waals surface area contributed by atoms with Crippen LogP contribution in [-0.4, -0.2) is 18.1 Å². The fourth-order valence-electron chi connectivity index (χ4n) is 2.83. The van der Waals surface area contributed by atoms with Gasteiger partial charge in [0.1, 0.15) is 18.2 Å². The molecule has 0 aromatic heterocycles. The van der Waals surface area contributed by atoms with Gasteiger partial charge in [-0.3, -0.25) is 4.79 Å². The maximum atomic E-state index is 14.6. The number of rotatable bonds is 4. The summed E-state index contributed by atoms with van der Waals surface area (Å²) in [6.45, 7) is 0.169. The van der Waals surface area contributed by atoms with Crippen molar-refractivity contribution in [2.75, 3.05) is 0 Å². The number of fused-ring (bicyclic) bond motifs is 3. The Morgan fingerprint density at radius 1 is 1.27 bits per heavy atom.